The summed E-state index contributed by atoms with van der Waals surface area (Å²) in [5.74, 6) is 1.55. The average molecular weight is 231 g/mol. The van der Waals surface area contributed by atoms with Gasteiger partial charge in [-0.2, -0.15) is 4.57 Å². The van der Waals surface area contributed by atoms with Crippen molar-refractivity contribution in [3.63, 3.8) is 0 Å². The number of imidazole rings is 1. The second-order valence-electron chi connectivity index (χ2n) is 3.66. The molecule has 0 aliphatic rings. The highest BCUT2D eigenvalue weighted by Crippen LogP contribution is 2.14. The van der Waals surface area contributed by atoms with Gasteiger partial charge in [-0.15, -0.1) is 0 Å². The minimum Gasteiger partial charge on any atom is -0.407 e. The molecule has 0 aliphatic carbocycles. The standard InChI is InChI=1S/C10H11N6O/c1-16-3-7(17-6-16)2-11-9-8-10(13-4-12-8)15-5-14-9/h3-6H,2H2,1H3,(H2,11,12,13,14,15)/q+1. The molecule has 0 saturated heterocycles. The van der Waals surface area contributed by atoms with Gasteiger partial charge >= 0.3 is 6.39 Å². The maximum atomic E-state index is 5.31. The van der Waals surface area contributed by atoms with Crippen LogP contribution in [0.5, 0.6) is 0 Å². The molecule has 7 heteroatoms. The number of anilines is 1. The molecule has 0 saturated carbocycles. The third-order valence-corrected chi connectivity index (χ3v) is 2.37. The number of nitrogens with zero attached hydrogens (tertiary/aromatic N) is 4. The molecule has 86 valence electrons. The van der Waals surface area contributed by atoms with E-state index in [0.717, 1.165) is 11.3 Å². The van der Waals surface area contributed by atoms with Crippen molar-refractivity contribution < 1.29 is 8.98 Å². The minimum atomic E-state index is 0.561. The number of aromatic amines is 1. The second-order valence-corrected chi connectivity index (χ2v) is 3.66. The Morgan fingerprint density at radius 2 is 2.35 bits per heavy atom. The number of aromatic nitrogens is 5. The third-order valence-electron chi connectivity index (χ3n) is 2.37. The summed E-state index contributed by atoms with van der Waals surface area (Å²) in [6.07, 6.45) is 6.62. The van der Waals surface area contributed by atoms with E-state index >= 15 is 0 Å². The highest BCUT2D eigenvalue weighted by Gasteiger charge is 2.08. The normalized spacial score (nSPS) is 10.9. The summed E-state index contributed by atoms with van der Waals surface area (Å²) in [7, 11) is 1.91. The summed E-state index contributed by atoms with van der Waals surface area (Å²) in [4.78, 5) is 15.3. The number of nitrogens with one attached hydrogen (secondary N) is 2. The lowest BCUT2D eigenvalue weighted by atomic mass is 10.4. The van der Waals surface area contributed by atoms with Crippen LogP contribution in [0, 0.1) is 0 Å². The van der Waals surface area contributed by atoms with Gasteiger partial charge in [-0.25, -0.2) is 15.0 Å². The van der Waals surface area contributed by atoms with E-state index in [4.69, 9.17) is 4.42 Å². The molecule has 0 amide bonds. The molecule has 0 unspecified atom stereocenters. The number of oxazole rings is 1. The molecule has 0 fully saturated rings. The van der Waals surface area contributed by atoms with E-state index in [2.05, 4.69) is 25.3 Å². The maximum Gasteiger partial charge on any atom is 0.334 e. The predicted octanol–water partition coefficient (Wildman–Crippen LogP) is 0.382. The second kappa shape index (κ2) is 3.85. The van der Waals surface area contributed by atoms with Crippen LogP contribution in [-0.2, 0) is 13.6 Å². The van der Waals surface area contributed by atoms with Crippen molar-refractivity contribution in [2.45, 2.75) is 6.54 Å². The predicted molar refractivity (Wildman–Crippen MR) is 58.9 cm³/mol. The lowest BCUT2D eigenvalue weighted by molar-refractivity contribution is -0.674. The van der Waals surface area contributed by atoms with Gasteiger partial charge in [-0.1, -0.05) is 0 Å². The molecule has 0 spiro atoms. The van der Waals surface area contributed by atoms with Gasteiger partial charge in [-0.05, 0) is 0 Å². The Labute approximate surface area is 96.5 Å². The number of fused-ring (bicyclic) bond motifs is 1. The van der Waals surface area contributed by atoms with Crippen LogP contribution >= 0.6 is 0 Å². The first-order valence-corrected chi connectivity index (χ1v) is 5.13. The highest BCUT2D eigenvalue weighted by molar-refractivity contribution is 5.81. The summed E-state index contributed by atoms with van der Waals surface area (Å²) < 4.78 is 7.16. The van der Waals surface area contributed by atoms with Gasteiger partial charge in [0.25, 0.3) is 0 Å². The summed E-state index contributed by atoms with van der Waals surface area (Å²) >= 11 is 0. The summed E-state index contributed by atoms with van der Waals surface area (Å²) in [5.41, 5.74) is 1.44. The molecular weight excluding hydrogens is 220 g/mol. The zero-order valence-corrected chi connectivity index (χ0v) is 9.21. The number of rotatable bonds is 3. The van der Waals surface area contributed by atoms with E-state index in [1.165, 1.54) is 6.33 Å². The SMILES string of the molecule is C[n+]1coc(CNc2ncnc3nc[nH]c23)c1. The maximum absolute atomic E-state index is 5.31. The summed E-state index contributed by atoms with van der Waals surface area (Å²) in [5, 5.41) is 3.17. The lowest BCUT2D eigenvalue weighted by Crippen LogP contribution is -2.22. The van der Waals surface area contributed by atoms with Crippen LogP contribution in [0.3, 0.4) is 0 Å². The van der Waals surface area contributed by atoms with Crippen LogP contribution in [0.25, 0.3) is 11.2 Å². The van der Waals surface area contributed by atoms with Crippen molar-refractivity contribution in [2.24, 2.45) is 7.05 Å². The monoisotopic (exact) mass is 231 g/mol. The van der Waals surface area contributed by atoms with E-state index in [0.29, 0.717) is 18.0 Å². The van der Waals surface area contributed by atoms with Crippen molar-refractivity contribution in [1.29, 1.82) is 0 Å². The molecule has 17 heavy (non-hydrogen) atoms. The molecule has 3 heterocycles. The van der Waals surface area contributed by atoms with E-state index in [1.807, 2.05) is 17.8 Å². The quantitative estimate of drug-likeness (QED) is 0.637. The van der Waals surface area contributed by atoms with Gasteiger partial charge in [0.05, 0.1) is 12.9 Å². The Morgan fingerprint density at radius 3 is 3.18 bits per heavy atom. The molecule has 0 aliphatic heterocycles. The zero-order chi connectivity index (χ0) is 11.7. The number of hydrogen-bond donors (Lipinski definition) is 2. The fraction of sp³-hybridized carbons (Fsp3) is 0.200. The average Bonchev–Trinajstić information content (AvgIpc) is 2.94. The third kappa shape index (κ3) is 1.82. The molecule has 0 aromatic carbocycles. The van der Waals surface area contributed by atoms with Crippen molar-refractivity contribution in [2.75, 3.05) is 5.32 Å². The Balaban J connectivity index is 1.83. The fourth-order valence-electron chi connectivity index (χ4n) is 1.60. The molecule has 2 N–H and O–H groups in total. The Bertz CT molecular complexity index is 643. The Morgan fingerprint density at radius 1 is 1.41 bits per heavy atom. The van der Waals surface area contributed by atoms with Crippen LogP contribution in [-0.4, -0.2) is 19.9 Å². The van der Waals surface area contributed by atoms with Crippen molar-refractivity contribution in [3.8, 4) is 0 Å². The largest absolute Gasteiger partial charge is 0.407 e. The van der Waals surface area contributed by atoms with Gasteiger partial charge in [0.1, 0.15) is 18.9 Å². The van der Waals surface area contributed by atoms with Crippen molar-refractivity contribution in [1.82, 2.24) is 19.9 Å². The number of H-pyrrole nitrogens is 1. The number of aryl methyl sites for hydroxylation is 1. The summed E-state index contributed by atoms with van der Waals surface area (Å²) in [6.45, 7) is 0.561. The van der Waals surface area contributed by atoms with E-state index < -0.39 is 0 Å². The molecule has 0 atom stereocenters. The van der Waals surface area contributed by atoms with E-state index in [1.54, 1.807) is 12.7 Å². The Kier molecular flexibility index (Phi) is 2.21. The molecular formula is C10H11N6O+. The zero-order valence-electron chi connectivity index (χ0n) is 9.21. The summed E-state index contributed by atoms with van der Waals surface area (Å²) in [6, 6.07) is 0. The van der Waals surface area contributed by atoms with E-state index in [-0.39, 0.29) is 0 Å². The van der Waals surface area contributed by atoms with Gasteiger partial charge in [-0.3, -0.25) is 0 Å². The van der Waals surface area contributed by atoms with Gasteiger partial charge in [0.2, 0.25) is 6.20 Å². The smallest absolute Gasteiger partial charge is 0.334 e. The first-order valence-electron chi connectivity index (χ1n) is 5.13. The first-order chi connectivity index (χ1) is 8.33. The van der Waals surface area contributed by atoms with Gasteiger partial charge < -0.3 is 14.7 Å². The van der Waals surface area contributed by atoms with Gasteiger partial charge in [0, 0.05) is 0 Å². The molecule has 7 nitrogen and oxygen atoms in total. The Hall–Kier alpha value is -2.44. The van der Waals surface area contributed by atoms with Crippen molar-refractivity contribution in [3.05, 3.63) is 31.0 Å². The van der Waals surface area contributed by atoms with E-state index in [9.17, 15) is 0 Å². The van der Waals surface area contributed by atoms with Gasteiger partial charge in [0.15, 0.2) is 17.2 Å². The van der Waals surface area contributed by atoms with Crippen LogP contribution in [0.1, 0.15) is 5.76 Å². The van der Waals surface area contributed by atoms with Crippen LogP contribution in [0.15, 0.2) is 29.7 Å². The molecule has 0 radical (unpaired) electrons. The molecule has 3 rings (SSSR count). The molecule has 3 aromatic heterocycles. The van der Waals surface area contributed by atoms with Crippen LogP contribution < -0.4 is 9.88 Å². The first kappa shape index (κ1) is 9.76. The topological polar surface area (TPSA) is 83.5 Å². The number of hydrogen-bond acceptors (Lipinski definition) is 5. The highest BCUT2D eigenvalue weighted by atomic mass is 16.3. The minimum absolute atomic E-state index is 0.561. The van der Waals surface area contributed by atoms with Crippen LogP contribution in [0.4, 0.5) is 5.82 Å². The molecule has 0 bridgehead atoms. The van der Waals surface area contributed by atoms with Crippen molar-refractivity contribution >= 4 is 17.0 Å². The van der Waals surface area contributed by atoms with Crippen LogP contribution in [0.2, 0.25) is 0 Å². The lowest BCUT2D eigenvalue weighted by Gasteiger charge is -2.01. The fourth-order valence-corrected chi connectivity index (χ4v) is 1.60. The molecule has 3 aromatic rings.